The average molecular weight is 470 g/mol. The average Bonchev–Trinajstić information content (AvgIpc) is 3.25. The van der Waals surface area contributed by atoms with E-state index in [9.17, 15) is 18.3 Å². The molecule has 4 aromatic rings. The number of H-pyrrole nitrogens is 1. The van der Waals surface area contributed by atoms with E-state index in [-0.39, 0.29) is 25.0 Å². The lowest BCUT2D eigenvalue weighted by Crippen LogP contribution is -2.43. The Labute approximate surface area is 192 Å². The number of para-hydroxylation sites is 1. The zero-order chi connectivity index (χ0) is 23.9. The SMILES string of the molecule is CCc1ccc(N2c3cccc(-c4nc5ccc(OC(F)(F)F)cc5[nH]4)c3OCC2CO)nc1. The fourth-order valence-corrected chi connectivity index (χ4v) is 4.03. The van der Waals surface area contributed by atoms with E-state index in [1.54, 1.807) is 0 Å². The van der Waals surface area contributed by atoms with Crippen LogP contribution in [0.3, 0.4) is 0 Å². The highest BCUT2D eigenvalue weighted by Gasteiger charge is 2.32. The summed E-state index contributed by atoms with van der Waals surface area (Å²) in [4.78, 5) is 14.1. The lowest BCUT2D eigenvalue weighted by molar-refractivity contribution is -0.274. The number of imidazole rings is 1. The van der Waals surface area contributed by atoms with E-state index in [0.717, 1.165) is 12.0 Å². The maximum Gasteiger partial charge on any atom is 0.573 e. The van der Waals surface area contributed by atoms with E-state index in [4.69, 9.17) is 4.74 Å². The Morgan fingerprint density at radius 1 is 1.21 bits per heavy atom. The zero-order valence-corrected chi connectivity index (χ0v) is 18.1. The molecule has 176 valence electrons. The number of nitrogens with zero attached hydrogens (tertiary/aromatic N) is 3. The van der Waals surface area contributed by atoms with Gasteiger partial charge in [-0.3, -0.25) is 0 Å². The first kappa shape index (κ1) is 22.0. The number of hydrogen-bond acceptors (Lipinski definition) is 6. The molecule has 7 nitrogen and oxygen atoms in total. The minimum absolute atomic E-state index is 0.131. The molecule has 1 atom stereocenters. The summed E-state index contributed by atoms with van der Waals surface area (Å²) in [6.45, 7) is 2.14. The van der Waals surface area contributed by atoms with Crippen LogP contribution < -0.4 is 14.4 Å². The lowest BCUT2D eigenvalue weighted by atomic mass is 10.1. The smallest absolute Gasteiger partial charge is 0.488 e. The Kier molecular flexibility index (Phi) is 5.52. The molecule has 0 amide bonds. The molecule has 5 rings (SSSR count). The van der Waals surface area contributed by atoms with Gasteiger partial charge in [0.1, 0.15) is 24.0 Å². The number of halogens is 3. The highest BCUT2D eigenvalue weighted by atomic mass is 19.4. The second-order valence-electron chi connectivity index (χ2n) is 7.86. The van der Waals surface area contributed by atoms with Gasteiger partial charge in [0.15, 0.2) is 5.75 Å². The normalized spacial score (nSPS) is 15.8. The molecule has 0 saturated carbocycles. The second kappa shape index (κ2) is 8.53. The van der Waals surface area contributed by atoms with Crippen LogP contribution in [-0.4, -0.2) is 45.7 Å². The van der Waals surface area contributed by atoms with E-state index in [1.165, 1.54) is 18.2 Å². The third-order valence-electron chi connectivity index (χ3n) is 5.66. The molecule has 3 heterocycles. The minimum atomic E-state index is -4.78. The molecule has 0 fully saturated rings. The summed E-state index contributed by atoms with van der Waals surface area (Å²) in [5.74, 6) is 1.32. The number of rotatable bonds is 5. The third kappa shape index (κ3) is 4.12. The number of aromatic amines is 1. The molecule has 2 N–H and O–H groups in total. The van der Waals surface area contributed by atoms with Crippen LogP contribution in [0.1, 0.15) is 12.5 Å². The largest absolute Gasteiger partial charge is 0.573 e. The number of pyridine rings is 1. The van der Waals surface area contributed by atoms with Crippen molar-refractivity contribution in [2.45, 2.75) is 25.7 Å². The van der Waals surface area contributed by atoms with Crippen molar-refractivity contribution in [3.63, 3.8) is 0 Å². The summed E-state index contributed by atoms with van der Waals surface area (Å²) in [5.41, 5.74) is 3.33. The number of ether oxygens (including phenoxy) is 2. The maximum absolute atomic E-state index is 12.6. The summed E-state index contributed by atoms with van der Waals surface area (Å²) in [7, 11) is 0. The number of nitrogens with one attached hydrogen (secondary N) is 1. The molecular weight excluding hydrogens is 449 g/mol. The van der Waals surface area contributed by atoms with Crippen LogP contribution in [0.15, 0.2) is 54.7 Å². The number of benzene rings is 2. The van der Waals surface area contributed by atoms with E-state index in [2.05, 4.69) is 26.6 Å². The Morgan fingerprint density at radius 3 is 2.76 bits per heavy atom. The molecule has 0 aliphatic carbocycles. The summed E-state index contributed by atoms with van der Waals surface area (Å²) in [6, 6.07) is 13.0. The molecule has 1 aliphatic rings. The van der Waals surface area contributed by atoms with Gasteiger partial charge in [0.25, 0.3) is 0 Å². The minimum Gasteiger partial charge on any atom is -0.488 e. The molecule has 0 saturated heterocycles. The molecule has 10 heteroatoms. The molecule has 1 unspecified atom stereocenters. The Hall–Kier alpha value is -3.79. The van der Waals surface area contributed by atoms with Gasteiger partial charge in [-0.05, 0) is 42.3 Å². The first-order chi connectivity index (χ1) is 16.4. The molecular formula is C24H21F3N4O3. The molecule has 0 radical (unpaired) electrons. The van der Waals surface area contributed by atoms with Crippen LogP contribution in [0.25, 0.3) is 22.4 Å². The first-order valence-electron chi connectivity index (χ1n) is 10.7. The van der Waals surface area contributed by atoms with Crippen molar-refractivity contribution in [2.75, 3.05) is 18.1 Å². The number of aliphatic hydroxyl groups excluding tert-OH is 1. The van der Waals surface area contributed by atoms with Crippen LogP contribution >= 0.6 is 0 Å². The quantitative estimate of drug-likeness (QED) is 0.428. The van der Waals surface area contributed by atoms with Gasteiger partial charge in [0.05, 0.1) is 34.9 Å². The molecule has 2 aromatic carbocycles. The monoisotopic (exact) mass is 470 g/mol. The van der Waals surface area contributed by atoms with E-state index < -0.39 is 6.36 Å². The zero-order valence-electron chi connectivity index (χ0n) is 18.1. The predicted octanol–water partition coefficient (Wildman–Crippen LogP) is 4.98. The topological polar surface area (TPSA) is 83.5 Å². The first-order valence-corrected chi connectivity index (χ1v) is 10.7. The number of hydrogen-bond donors (Lipinski definition) is 2. The molecule has 0 bridgehead atoms. The van der Waals surface area contributed by atoms with Crippen molar-refractivity contribution in [2.24, 2.45) is 0 Å². The summed E-state index contributed by atoms with van der Waals surface area (Å²) in [5, 5.41) is 9.98. The van der Waals surface area contributed by atoms with Crippen molar-refractivity contribution < 1.29 is 27.8 Å². The molecule has 2 aromatic heterocycles. The maximum atomic E-state index is 12.6. The van der Waals surface area contributed by atoms with E-state index in [0.29, 0.717) is 39.7 Å². The summed E-state index contributed by atoms with van der Waals surface area (Å²) < 4.78 is 47.8. The number of fused-ring (bicyclic) bond motifs is 2. The van der Waals surface area contributed by atoms with Crippen molar-refractivity contribution >= 4 is 22.5 Å². The predicted molar refractivity (Wildman–Crippen MR) is 120 cm³/mol. The van der Waals surface area contributed by atoms with Gasteiger partial charge in [0.2, 0.25) is 0 Å². The third-order valence-corrected chi connectivity index (χ3v) is 5.66. The van der Waals surface area contributed by atoms with Crippen molar-refractivity contribution in [1.82, 2.24) is 15.0 Å². The van der Waals surface area contributed by atoms with Gasteiger partial charge in [-0.15, -0.1) is 13.2 Å². The van der Waals surface area contributed by atoms with Gasteiger partial charge in [-0.1, -0.05) is 19.1 Å². The van der Waals surface area contributed by atoms with Crippen LogP contribution in [0.5, 0.6) is 11.5 Å². The van der Waals surface area contributed by atoms with Crippen LogP contribution in [0.4, 0.5) is 24.7 Å². The van der Waals surface area contributed by atoms with Crippen molar-refractivity contribution in [1.29, 1.82) is 0 Å². The van der Waals surface area contributed by atoms with Gasteiger partial charge < -0.3 is 24.5 Å². The van der Waals surface area contributed by atoms with Gasteiger partial charge >= 0.3 is 6.36 Å². The Balaban J connectivity index is 1.56. The van der Waals surface area contributed by atoms with E-state index in [1.807, 2.05) is 41.4 Å². The number of anilines is 2. The van der Waals surface area contributed by atoms with E-state index >= 15 is 0 Å². The van der Waals surface area contributed by atoms with Crippen molar-refractivity contribution in [3.05, 3.63) is 60.3 Å². The van der Waals surface area contributed by atoms with Gasteiger partial charge in [0, 0.05) is 12.3 Å². The van der Waals surface area contributed by atoms with Crippen LogP contribution in [0, 0.1) is 0 Å². The number of aromatic nitrogens is 3. The highest BCUT2D eigenvalue weighted by molar-refractivity contribution is 5.85. The fraction of sp³-hybridized carbons (Fsp3) is 0.250. The summed E-state index contributed by atoms with van der Waals surface area (Å²) in [6.07, 6.45) is -2.11. The molecule has 0 spiro atoms. The summed E-state index contributed by atoms with van der Waals surface area (Å²) >= 11 is 0. The van der Waals surface area contributed by atoms with Gasteiger partial charge in [-0.25, -0.2) is 9.97 Å². The Morgan fingerprint density at radius 2 is 2.06 bits per heavy atom. The van der Waals surface area contributed by atoms with Crippen LogP contribution in [-0.2, 0) is 6.42 Å². The number of aryl methyl sites for hydroxylation is 1. The highest BCUT2D eigenvalue weighted by Crippen LogP contribution is 2.44. The Bertz CT molecular complexity index is 1320. The number of aliphatic hydroxyl groups is 1. The second-order valence-corrected chi connectivity index (χ2v) is 7.86. The van der Waals surface area contributed by atoms with Gasteiger partial charge in [-0.2, -0.15) is 0 Å². The van der Waals surface area contributed by atoms with Crippen LogP contribution in [0.2, 0.25) is 0 Å². The molecule has 34 heavy (non-hydrogen) atoms. The fourth-order valence-electron chi connectivity index (χ4n) is 4.03. The standard InChI is InChI=1S/C24H21F3N4O3/c1-2-14-6-9-21(28-11-14)31-15(12-32)13-33-22-17(4-3-5-20(22)31)23-29-18-8-7-16(10-19(18)30-23)34-24(25,26)27/h3-11,15,32H,2,12-13H2,1H3,(H,29,30). The molecule has 1 aliphatic heterocycles. The lowest BCUT2D eigenvalue weighted by Gasteiger charge is -2.37. The number of alkyl halides is 3. The van der Waals surface area contributed by atoms with Crippen molar-refractivity contribution in [3.8, 4) is 22.9 Å².